The Hall–Kier alpha value is 0.430. The van der Waals surface area contributed by atoms with E-state index in [0.717, 1.165) is 5.92 Å². The van der Waals surface area contributed by atoms with Gasteiger partial charge in [0.2, 0.25) is 0 Å². The third-order valence-electron chi connectivity index (χ3n) is 1.36. The van der Waals surface area contributed by atoms with Crippen molar-refractivity contribution in [3.63, 3.8) is 0 Å². The van der Waals surface area contributed by atoms with E-state index in [1.54, 1.807) is 0 Å². The summed E-state index contributed by atoms with van der Waals surface area (Å²) in [5.74, 6) is 0.856. The first-order chi connectivity index (χ1) is 3.95. The van der Waals surface area contributed by atoms with Gasteiger partial charge >= 0.3 is 0 Å². The van der Waals surface area contributed by atoms with Gasteiger partial charge in [-0.15, -0.1) is 9.24 Å². The molecule has 0 N–H and O–H groups in total. The van der Waals surface area contributed by atoms with E-state index in [2.05, 4.69) is 36.9 Å². The lowest BCUT2D eigenvalue weighted by Crippen LogP contribution is -2.11. The van der Waals surface area contributed by atoms with E-state index >= 15 is 0 Å². The highest BCUT2D eigenvalue weighted by atomic mass is 31.0. The van der Waals surface area contributed by atoms with Crippen LogP contribution in [-0.2, 0) is 0 Å². The second-order valence-electron chi connectivity index (χ2n) is 4.11. The summed E-state index contributed by atoms with van der Waals surface area (Å²) in [7, 11) is 2.80. The molecule has 0 aliphatic carbocycles. The summed E-state index contributed by atoms with van der Waals surface area (Å²) in [6.45, 7) is 9.19. The van der Waals surface area contributed by atoms with Crippen LogP contribution in [0.1, 0.15) is 34.1 Å². The van der Waals surface area contributed by atoms with Gasteiger partial charge in [0.15, 0.2) is 0 Å². The zero-order valence-corrected chi connectivity index (χ0v) is 8.22. The van der Waals surface area contributed by atoms with Crippen molar-refractivity contribution in [2.75, 3.05) is 6.16 Å². The predicted molar refractivity (Wildman–Crippen MR) is 47.8 cm³/mol. The van der Waals surface area contributed by atoms with Crippen molar-refractivity contribution in [1.82, 2.24) is 0 Å². The molecule has 0 amide bonds. The quantitative estimate of drug-likeness (QED) is 0.525. The summed E-state index contributed by atoms with van der Waals surface area (Å²) in [4.78, 5) is 0. The van der Waals surface area contributed by atoms with E-state index in [0.29, 0.717) is 5.41 Å². The summed E-state index contributed by atoms with van der Waals surface area (Å²) in [5, 5.41) is 0. The summed E-state index contributed by atoms with van der Waals surface area (Å²) < 4.78 is 0. The van der Waals surface area contributed by atoms with Gasteiger partial charge in [0.25, 0.3) is 0 Å². The molecular formula is C8H19P. The Morgan fingerprint density at radius 2 is 1.78 bits per heavy atom. The Morgan fingerprint density at radius 3 is 1.89 bits per heavy atom. The van der Waals surface area contributed by atoms with Crippen molar-refractivity contribution in [2.45, 2.75) is 34.1 Å². The lowest BCUT2D eigenvalue weighted by atomic mass is 9.86. The normalized spacial score (nSPS) is 15.7. The van der Waals surface area contributed by atoms with Crippen LogP contribution in [0.4, 0.5) is 0 Å². The number of hydrogen-bond acceptors (Lipinski definition) is 0. The Balaban J connectivity index is 3.47. The first kappa shape index (κ1) is 9.43. The van der Waals surface area contributed by atoms with Gasteiger partial charge in [-0.2, -0.15) is 0 Å². The van der Waals surface area contributed by atoms with Gasteiger partial charge < -0.3 is 0 Å². The molecule has 0 heterocycles. The van der Waals surface area contributed by atoms with E-state index in [4.69, 9.17) is 0 Å². The summed E-state index contributed by atoms with van der Waals surface area (Å²) in [5.41, 5.74) is 0.510. The SMILES string of the molecule is CC(CP)CC(C)(C)C. The highest BCUT2D eigenvalue weighted by molar-refractivity contribution is 7.16. The van der Waals surface area contributed by atoms with Gasteiger partial charge in [0.05, 0.1) is 0 Å². The van der Waals surface area contributed by atoms with Gasteiger partial charge in [-0.1, -0.05) is 27.7 Å². The van der Waals surface area contributed by atoms with Crippen LogP contribution in [0.3, 0.4) is 0 Å². The molecule has 0 saturated carbocycles. The molecule has 0 nitrogen and oxygen atoms in total. The van der Waals surface area contributed by atoms with Crippen LogP contribution in [0.25, 0.3) is 0 Å². The Labute approximate surface area is 61.6 Å². The van der Waals surface area contributed by atoms with Crippen molar-refractivity contribution < 1.29 is 0 Å². The minimum absolute atomic E-state index is 0.510. The lowest BCUT2D eigenvalue weighted by Gasteiger charge is -2.21. The minimum Gasteiger partial charge on any atom is -0.137 e. The molecule has 0 bridgehead atoms. The molecule has 0 radical (unpaired) electrons. The third kappa shape index (κ3) is 6.31. The Bertz CT molecular complexity index is 71.1. The first-order valence-corrected chi connectivity index (χ1v) is 4.47. The zero-order valence-electron chi connectivity index (χ0n) is 7.07. The summed E-state index contributed by atoms with van der Waals surface area (Å²) >= 11 is 0. The maximum Gasteiger partial charge on any atom is -0.0355 e. The van der Waals surface area contributed by atoms with Crippen LogP contribution in [0.5, 0.6) is 0 Å². The molecule has 0 aromatic heterocycles. The molecule has 0 aliphatic heterocycles. The van der Waals surface area contributed by atoms with E-state index in [9.17, 15) is 0 Å². The average Bonchev–Trinajstić information content (AvgIpc) is 1.62. The minimum atomic E-state index is 0.510. The van der Waals surface area contributed by atoms with Gasteiger partial charge in [-0.3, -0.25) is 0 Å². The van der Waals surface area contributed by atoms with Crippen molar-refractivity contribution in [2.24, 2.45) is 11.3 Å². The summed E-state index contributed by atoms with van der Waals surface area (Å²) in [6, 6.07) is 0. The van der Waals surface area contributed by atoms with Crippen molar-refractivity contribution in [1.29, 1.82) is 0 Å². The second kappa shape index (κ2) is 3.56. The van der Waals surface area contributed by atoms with Crippen molar-refractivity contribution in [3.8, 4) is 0 Å². The molecule has 0 spiro atoms. The first-order valence-electron chi connectivity index (χ1n) is 3.66. The average molecular weight is 146 g/mol. The van der Waals surface area contributed by atoms with Crippen LogP contribution in [-0.4, -0.2) is 6.16 Å². The molecule has 0 aromatic carbocycles. The van der Waals surface area contributed by atoms with E-state index < -0.39 is 0 Å². The van der Waals surface area contributed by atoms with Crippen molar-refractivity contribution >= 4 is 9.24 Å². The van der Waals surface area contributed by atoms with E-state index in [-0.39, 0.29) is 0 Å². The number of hydrogen-bond donors (Lipinski definition) is 0. The molecule has 0 fully saturated rings. The molecule has 0 rings (SSSR count). The van der Waals surface area contributed by atoms with E-state index in [1.807, 2.05) is 0 Å². The van der Waals surface area contributed by atoms with Crippen LogP contribution in [0.2, 0.25) is 0 Å². The second-order valence-corrected chi connectivity index (χ2v) is 4.58. The predicted octanol–water partition coefficient (Wildman–Crippen LogP) is 2.93. The van der Waals surface area contributed by atoms with Crippen LogP contribution in [0.15, 0.2) is 0 Å². The Kier molecular flexibility index (Phi) is 3.73. The molecular weight excluding hydrogens is 127 g/mol. The molecule has 9 heavy (non-hydrogen) atoms. The van der Waals surface area contributed by atoms with Gasteiger partial charge in [-0.25, -0.2) is 0 Å². The highest BCUT2D eigenvalue weighted by Gasteiger charge is 2.13. The highest BCUT2D eigenvalue weighted by Crippen LogP contribution is 2.24. The topological polar surface area (TPSA) is 0 Å². The van der Waals surface area contributed by atoms with Gasteiger partial charge in [0.1, 0.15) is 0 Å². The van der Waals surface area contributed by atoms with Crippen molar-refractivity contribution in [3.05, 3.63) is 0 Å². The lowest BCUT2D eigenvalue weighted by molar-refractivity contribution is 0.323. The smallest absolute Gasteiger partial charge is 0.0355 e. The van der Waals surface area contributed by atoms with Crippen LogP contribution in [0, 0.1) is 11.3 Å². The fourth-order valence-electron chi connectivity index (χ4n) is 1.13. The maximum atomic E-state index is 2.80. The van der Waals surface area contributed by atoms with Gasteiger partial charge in [-0.05, 0) is 23.9 Å². The Morgan fingerprint density at radius 1 is 1.33 bits per heavy atom. The third-order valence-corrected chi connectivity index (χ3v) is 2.17. The standard InChI is InChI=1S/C8H19P/c1-7(6-9)5-8(2,3)4/h7H,5-6,9H2,1-4H3. The van der Waals surface area contributed by atoms with Crippen LogP contribution < -0.4 is 0 Å². The molecule has 0 aliphatic rings. The monoisotopic (exact) mass is 146 g/mol. The van der Waals surface area contributed by atoms with E-state index in [1.165, 1.54) is 12.6 Å². The summed E-state index contributed by atoms with van der Waals surface area (Å²) in [6.07, 6.45) is 2.56. The maximum absolute atomic E-state index is 2.80. The number of rotatable bonds is 2. The fraction of sp³-hybridized carbons (Fsp3) is 1.00. The molecule has 0 aromatic rings. The molecule has 1 heteroatoms. The fourth-order valence-corrected chi connectivity index (χ4v) is 1.30. The largest absolute Gasteiger partial charge is 0.137 e. The van der Waals surface area contributed by atoms with Gasteiger partial charge in [0, 0.05) is 0 Å². The molecule has 0 saturated heterocycles. The van der Waals surface area contributed by atoms with Crippen LogP contribution >= 0.6 is 9.24 Å². The molecule has 2 unspecified atom stereocenters. The molecule has 56 valence electrons. The zero-order chi connectivity index (χ0) is 7.49. The molecule has 2 atom stereocenters.